The number of carbonyl (C=O) groups excluding carboxylic acids is 1. The van der Waals surface area contributed by atoms with Crippen LogP contribution in [0.15, 0.2) is 24.3 Å². The molecule has 104 valence electrons. The van der Waals surface area contributed by atoms with Crippen molar-refractivity contribution >= 4 is 11.7 Å². The number of piperidine rings is 1. The van der Waals surface area contributed by atoms with Crippen LogP contribution < -0.4 is 10.6 Å². The summed E-state index contributed by atoms with van der Waals surface area (Å²) < 4.78 is 4.66. The second-order valence-corrected chi connectivity index (χ2v) is 5.03. The zero-order chi connectivity index (χ0) is 13.7. The maximum Gasteiger partial charge on any atom is 0.307 e. The summed E-state index contributed by atoms with van der Waals surface area (Å²) in [6, 6.07) is 7.90. The number of esters is 1. The number of rotatable bonds is 4. The SMILES string of the molecule is COC(=O)C[C@H](N)c1cccc(N2CCCCC2)c1. The van der Waals surface area contributed by atoms with E-state index in [1.807, 2.05) is 12.1 Å². The summed E-state index contributed by atoms with van der Waals surface area (Å²) in [6.07, 6.45) is 4.04. The van der Waals surface area contributed by atoms with Gasteiger partial charge in [0.25, 0.3) is 0 Å². The van der Waals surface area contributed by atoms with Gasteiger partial charge in [-0.25, -0.2) is 0 Å². The number of hydrogen-bond acceptors (Lipinski definition) is 4. The first kappa shape index (κ1) is 13.9. The molecule has 19 heavy (non-hydrogen) atoms. The Bertz CT molecular complexity index is 428. The molecule has 0 bridgehead atoms. The van der Waals surface area contributed by atoms with Crippen molar-refractivity contribution in [3.63, 3.8) is 0 Å². The lowest BCUT2D eigenvalue weighted by Gasteiger charge is -2.29. The van der Waals surface area contributed by atoms with Crippen LogP contribution in [0.5, 0.6) is 0 Å². The summed E-state index contributed by atoms with van der Waals surface area (Å²) in [5.41, 5.74) is 8.25. The van der Waals surface area contributed by atoms with Crippen molar-refractivity contribution in [1.29, 1.82) is 0 Å². The quantitative estimate of drug-likeness (QED) is 0.845. The van der Waals surface area contributed by atoms with Crippen LogP contribution in [0.2, 0.25) is 0 Å². The third kappa shape index (κ3) is 3.70. The Morgan fingerprint density at radius 1 is 1.37 bits per heavy atom. The molecule has 1 aromatic rings. The largest absolute Gasteiger partial charge is 0.469 e. The predicted octanol–water partition coefficient (Wildman–Crippen LogP) is 2.24. The second kappa shape index (κ2) is 6.57. The van der Waals surface area contributed by atoms with E-state index >= 15 is 0 Å². The standard InChI is InChI=1S/C15H22N2O2/c1-19-15(18)11-14(16)12-6-5-7-13(10-12)17-8-3-2-4-9-17/h5-7,10,14H,2-4,8-9,11,16H2,1H3/t14-/m0/s1. The van der Waals surface area contributed by atoms with Crippen molar-refractivity contribution in [3.8, 4) is 0 Å². The van der Waals surface area contributed by atoms with Gasteiger partial charge in [0.05, 0.1) is 13.5 Å². The first-order chi connectivity index (χ1) is 9.20. The molecule has 0 spiro atoms. The lowest BCUT2D eigenvalue weighted by molar-refractivity contribution is -0.141. The van der Waals surface area contributed by atoms with Gasteiger partial charge in [0, 0.05) is 24.8 Å². The number of carbonyl (C=O) groups is 1. The number of nitrogens with zero attached hydrogens (tertiary/aromatic N) is 1. The average molecular weight is 262 g/mol. The zero-order valence-electron chi connectivity index (χ0n) is 11.5. The highest BCUT2D eigenvalue weighted by Gasteiger charge is 2.15. The van der Waals surface area contributed by atoms with E-state index < -0.39 is 0 Å². The number of hydrogen-bond donors (Lipinski definition) is 1. The van der Waals surface area contributed by atoms with E-state index in [0.717, 1.165) is 18.7 Å². The average Bonchev–Trinajstić information content (AvgIpc) is 2.48. The van der Waals surface area contributed by atoms with Crippen molar-refractivity contribution in [3.05, 3.63) is 29.8 Å². The molecule has 0 saturated carbocycles. The van der Waals surface area contributed by atoms with Gasteiger partial charge in [-0.2, -0.15) is 0 Å². The smallest absolute Gasteiger partial charge is 0.307 e. The molecular formula is C15H22N2O2. The third-order valence-corrected chi connectivity index (χ3v) is 3.63. The van der Waals surface area contributed by atoms with Crippen LogP contribution in [0, 0.1) is 0 Å². The minimum Gasteiger partial charge on any atom is -0.469 e. The van der Waals surface area contributed by atoms with E-state index in [0.29, 0.717) is 0 Å². The lowest BCUT2D eigenvalue weighted by Crippen LogP contribution is -2.29. The van der Waals surface area contributed by atoms with Gasteiger partial charge in [-0.3, -0.25) is 4.79 Å². The molecule has 4 nitrogen and oxygen atoms in total. The summed E-state index contributed by atoms with van der Waals surface area (Å²) >= 11 is 0. The predicted molar refractivity (Wildman–Crippen MR) is 76.1 cm³/mol. The van der Waals surface area contributed by atoms with Crippen LogP contribution in [0.1, 0.15) is 37.3 Å². The van der Waals surface area contributed by atoms with Gasteiger partial charge in [-0.1, -0.05) is 12.1 Å². The molecular weight excluding hydrogens is 240 g/mol. The van der Waals surface area contributed by atoms with Gasteiger partial charge >= 0.3 is 5.97 Å². The zero-order valence-corrected chi connectivity index (χ0v) is 11.5. The van der Waals surface area contributed by atoms with Crippen LogP contribution in [-0.4, -0.2) is 26.2 Å². The molecule has 0 aliphatic carbocycles. The normalized spacial score (nSPS) is 17.1. The van der Waals surface area contributed by atoms with E-state index in [1.54, 1.807) is 0 Å². The molecule has 0 unspecified atom stereocenters. The van der Waals surface area contributed by atoms with Crippen LogP contribution in [0.25, 0.3) is 0 Å². The van der Waals surface area contributed by atoms with E-state index in [-0.39, 0.29) is 18.4 Å². The Balaban J connectivity index is 2.07. The topological polar surface area (TPSA) is 55.6 Å². The van der Waals surface area contributed by atoms with Gasteiger partial charge in [0.1, 0.15) is 0 Å². The summed E-state index contributed by atoms with van der Waals surface area (Å²) in [5.74, 6) is -0.268. The highest BCUT2D eigenvalue weighted by Crippen LogP contribution is 2.24. The first-order valence-corrected chi connectivity index (χ1v) is 6.88. The van der Waals surface area contributed by atoms with Crippen LogP contribution in [-0.2, 0) is 9.53 Å². The summed E-state index contributed by atoms with van der Waals surface area (Å²) in [7, 11) is 1.39. The summed E-state index contributed by atoms with van der Waals surface area (Å²) in [5, 5.41) is 0. The molecule has 0 aromatic heterocycles. The van der Waals surface area contributed by atoms with Crippen LogP contribution in [0.3, 0.4) is 0 Å². The van der Waals surface area contributed by atoms with Crippen LogP contribution >= 0.6 is 0 Å². The molecule has 0 radical (unpaired) electrons. The molecule has 1 atom stereocenters. The molecule has 2 rings (SSSR count). The van der Waals surface area contributed by atoms with Gasteiger partial charge in [0.2, 0.25) is 0 Å². The molecule has 1 aromatic carbocycles. The van der Waals surface area contributed by atoms with E-state index in [9.17, 15) is 4.79 Å². The van der Waals surface area contributed by atoms with Crippen molar-refractivity contribution in [2.24, 2.45) is 5.73 Å². The molecule has 1 aliphatic rings. The molecule has 4 heteroatoms. The van der Waals surface area contributed by atoms with E-state index in [4.69, 9.17) is 5.73 Å². The Hall–Kier alpha value is -1.55. The van der Waals surface area contributed by atoms with Gasteiger partial charge in [0.15, 0.2) is 0 Å². The van der Waals surface area contributed by atoms with E-state index in [2.05, 4.69) is 21.8 Å². The monoisotopic (exact) mass is 262 g/mol. The Morgan fingerprint density at radius 2 is 2.11 bits per heavy atom. The molecule has 1 heterocycles. The third-order valence-electron chi connectivity index (χ3n) is 3.63. The number of anilines is 1. The minimum absolute atomic E-state index is 0.222. The lowest BCUT2D eigenvalue weighted by atomic mass is 10.0. The van der Waals surface area contributed by atoms with E-state index in [1.165, 1.54) is 32.1 Å². The highest BCUT2D eigenvalue weighted by molar-refractivity contribution is 5.70. The first-order valence-electron chi connectivity index (χ1n) is 6.88. The fourth-order valence-electron chi connectivity index (χ4n) is 2.48. The van der Waals surface area contributed by atoms with Crippen LogP contribution in [0.4, 0.5) is 5.69 Å². The fraction of sp³-hybridized carbons (Fsp3) is 0.533. The minimum atomic E-state index is -0.294. The number of methoxy groups -OCH3 is 1. The van der Waals surface area contributed by atoms with Gasteiger partial charge in [-0.05, 0) is 37.0 Å². The van der Waals surface area contributed by atoms with Crippen molar-refractivity contribution < 1.29 is 9.53 Å². The van der Waals surface area contributed by atoms with Crippen molar-refractivity contribution in [2.45, 2.75) is 31.7 Å². The van der Waals surface area contributed by atoms with Crippen molar-refractivity contribution in [2.75, 3.05) is 25.1 Å². The molecule has 0 amide bonds. The fourth-order valence-corrected chi connectivity index (χ4v) is 2.48. The Morgan fingerprint density at radius 3 is 2.79 bits per heavy atom. The van der Waals surface area contributed by atoms with Crippen molar-refractivity contribution in [1.82, 2.24) is 0 Å². The summed E-state index contributed by atoms with van der Waals surface area (Å²) in [4.78, 5) is 13.7. The molecule has 1 saturated heterocycles. The molecule has 1 fully saturated rings. The number of benzene rings is 1. The van der Waals surface area contributed by atoms with Gasteiger partial charge < -0.3 is 15.4 Å². The molecule has 2 N–H and O–H groups in total. The summed E-state index contributed by atoms with van der Waals surface area (Å²) in [6.45, 7) is 2.21. The number of ether oxygens (including phenoxy) is 1. The Kier molecular flexibility index (Phi) is 4.80. The second-order valence-electron chi connectivity index (χ2n) is 5.03. The number of nitrogens with two attached hydrogens (primary N) is 1. The maximum atomic E-state index is 11.3. The Labute approximate surface area is 114 Å². The van der Waals surface area contributed by atoms with Gasteiger partial charge in [-0.15, -0.1) is 0 Å². The maximum absolute atomic E-state index is 11.3. The highest BCUT2D eigenvalue weighted by atomic mass is 16.5. The molecule has 1 aliphatic heterocycles.